The van der Waals surface area contributed by atoms with E-state index in [4.69, 9.17) is 0 Å². The Labute approximate surface area is 127 Å². The number of benzene rings is 1. The molecule has 0 aliphatic heterocycles. The molecule has 1 aromatic heterocycles. The summed E-state index contributed by atoms with van der Waals surface area (Å²) < 4.78 is 0. The summed E-state index contributed by atoms with van der Waals surface area (Å²) in [4.78, 5) is 4.10. The first-order valence-electron chi connectivity index (χ1n) is 7.83. The van der Waals surface area contributed by atoms with Crippen molar-refractivity contribution in [1.82, 2.24) is 10.3 Å². The van der Waals surface area contributed by atoms with Crippen molar-refractivity contribution >= 4 is 0 Å². The lowest BCUT2D eigenvalue weighted by atomic mass is 9.71. The highest BCUT2D eigenvalue weighted by Gasteiger charge is 2.32. The molecule has 0 saturated carbocycles. The van der Waals surface area contributed by atoms with E-state index in [0.717, 1.165) is 0 Å². The van der Waals surface area contributed by atoms with Crippen LogP contribution in [0.2, 0.25) is 0 Å². The normalized spacial score (nSPS) is 21.6. The zero-order chi connectivity index (χ0) is 14.9. The number of pyridine rings is 1. The second-order valence-corrected chi connectivity index (χ2v) is 6.73. The van der Waals surface area contributed by atoms with Gasteiger partial charge in [-0.05, 0) is 54.0 Å². The molecule has 3 rings (SSSR count). The van der Waals surface area contributed by atoms with Crippen molar-refractivity contribution in [3.63, 3.8) is 0 Å². The topological polar surface area (TPSA) is 24.9 Å². The molecule has 2 nitrogen and oxygen atoms in total. The summed E-state index contributed by atoms with van der Waals surface area (Å²) in [5.41, 5.74) is 4.55. The summed E-state index contributed by atoms with van der Waals surface area (Å²) >= 11 is 0. The lowest BCUT2D eigenvalue weighted by Crippen LogP contribution is -2.33. The van der Waals surface area contributed by atoms with Gasteiger partial charge in [-0.25, -0.2) is 0 Å². The van der Waals surface area contributed by atoms with Crippen molar-refractivity contribution in [1.29, 1.82) is 0 Å². The monoisotopic (exact) mass is 280 g/mol. The molecule has 2 unspecified atom stereocenters. The molecule has 0 fully saturated rings. The summed E-state index contributed by atoms with van der Waals surface area (Å²) in [6, 6.07) is 13.9. The Morgan fingerprint density at radius 1 is 1.14 bits per heavy atom. The minimum absolute atomic E-state index is 0.286. The van der Waals surface area contributed by atoms with Crippen LogP contribution in [-0.4, -0.2) is 4.98 Å². The van der Waals surface area contributed by atoms with Gasteiger partial charge in [0.05, 0.1) is 0 Å². The smallest absolute Gasteiger partial charge is 0.0328 e. The van der Waals surface area contributed by atoms with Gasteiger partial charge >= 0.3 is 0 Å². The molecule has 0 spiro atoms. The Hall–Kier alpha value is -1.67. The predicted octanol–water partition coefficient (Wildman–Crippen LogP) is 4.54. The Balaban J connectivity index is 1.84. The van der Waals surface area contributed by atoms with Gasteiger partial charge in [0.2, 0.25) is 0 Å². The number of rotatable bonds is 3. The van der Waals surface area contributed by atoms with Crippen LogP contribution in [0.4, 0.5) is 0 Å². The highest BCUT2D eigenvalue weighted by molar-refractivity contribution is 5.38. The standard InChI is InChI=1S/C19H24N2/c1-14(15-9-12-20-13-10-15)21-18-8-11-19(2,3)17-7-5-4-6-16(17)18/h4-7,9-10,12-14,18,21H,8,11H2,1-3H3. The minimum Gasteiger partial charge on any atom is -0.303 e. The summed E-state index contributed by atoms with van der Waals surface area (Å²) in [6.07, 6.45) is 6.15. The quantitative estimate of drug-likeness (QED) is 0.892. The van der Waals surface area contributed by atoms with Crippen molar-refractivity contribution in [3.8, 4) is 0 Å². The van der Waals surface area contributed by atoms with Gasteiger partial charge in [0.25, 0.3) is 0 Å². The van der Waals surface area contributed by atoms with Gasteiger partial charge < -0.3 is 5.32 Å². The summed E-state index contributed by atoms with van der Waals surface area (Å²) in [6.45, 7) is 6.94. The molecule has 1 aromatic carbocycles. The van der Waals surface area contributed by atoms with Crippen LogP contribution >= 0.6 is 0 Å². The Morgan fingerprint density at radius 2 is 1.86 bits per heavy atom. The van der Waals surface area contributed by atoms with E-state index in [1.54, 1.807) is 0 Å². The first kappa shape index (κ1) is 14.3. The SMILES string of the molecule is CC(NC1CCC(C)(C)c2ccccc21)c1ccncc1. The van der Waals surface area contributed by atoms with Crippen molar-refractivity contribution in [2.24, 2.45) is 0 Å². The van der Waals surface area contributed by atoms with Crippen molar-refractivity contribution in [2.45, 2.75) is 51.1 Å². The third-order valence-electron chi connectivity index (χ3n) is 4.78. The van der Waals surface area contributed by atoms with E-state index < -0.39 is 0 Å². The van der Waals surface area contributed by atoms with Gasteiger partial charge in [0.15, 0.2) is 0 Å². The highest BCUT2D eigenvalue weighted by atomic mass is 14.9. The Bertz CT molecular complexity index is 604. The zero-order valence-corrected chi connectivity index (χ0v) is 13.1. The average Bonchev–Trinajstić information content (AvgIpc) is 2.51. The lowest BCUT2D eigenvalue weighted by molar-refractivity contribution is 0.340. The summed E-state index contributed by atoms with van der Waals surface area (Å²) in [5, 5.41) is 3.80. The fourth-order valence-corrected chi connectivity index (χ4v) is 3.44. The van der Waals surface area contributed by atoms with Gasteiger partial charge in [-0.1, -0.05) is 38.1 Å². The van der Waals surface area contributed by atoms with E-state index in [0.29, 0.717) is 12.1 Å². The largest absolute Gasteiger partial charge is 0.303 e. The molecule has 2 aromatic rings. The van der Waals surface area contributed by atoms with Crippen molar-refractivity contribution in [2.75, 3.05) is 0 Å². The molecule has 2 atom stereocenters. The van der Waals surface area contributed by atoms with E-state index in [1.807, 2.05) is 12.4 Å². The van der Waals surface area contributed by atoms with E-state index in [2.05, 4.69) is 67.5 Å². The Morgan fingerprint density at radius 3 is 2.62 bits per heavy atom. The van der Waals surface area contributed by atoms with Gasteiger partial charge in [-0.3, -0.25) is 4.98 Å². The van der Waals surface area contributed by atoms with Crippen LogP contribution in [0, 0.1) is 0 Å². The maximum absolute atomic E-state index is 4.10. The number of hydrogen-bond donors (Lipinski definition) is 1. The van der Waals surface area contributed by atoms with E-state index >= 15 is 0 Å². The van der Waals surface area contributed by atoms with Crippen LogP contribution in [0.3, 0.4) is 0 Å². The van der Waals surface area contributed by atoms with Gasteiger partial charge in [-0.15, -0.1) is 0 Å². The molecule has 1 N–H and O–H groups in total. The third kappa shape index (κ3) is 2.86. The van der Waals surface area contributed by atoms with Crippen LogP contribution in [0.1, 0.15) is 62.4 Å². The first-order valence-corrected chi connectivity index (χ1v) is 7.83. The number of nitrogens with one attached hydrogen (secondary N) is 1. The fourth-order valence-electron chi connectivity index (χ4n) is 3.44. The van der Waals surface area contributed by atoms with Gasteiger partial charge in [0.1, 0.15) is 0 Å². The maximum Gasteiger partial charge on any atom is 0.0328 e. The van der Waals surface area contributed by atoms with Crippen molar-refractivity contribution < 1.29 is 0 Å². The average molecular weight is 280 g/mol. The van der Waals surface area contributed by atoms with E-state index in [9.17, 15) is 0 Å². The summed E-state index contributed by atoms with van der Waals surface area (Å²) in [5.74, 6) is 0. The van der Waals surface area contributed by atoms with E-state index in [-0.39, 0.29) is 5.41 Å². The maximum atomic E-state index is 4.10. The number of fused-ring (bicyclic) bond motifs is 1. The molecule has 0 bridgehead atoms. The molecule has 0 radical (unpaired) electrons. The summed E-state index contributed by atoms with van der Waals surface area (Å²) in [7, 11) is 0. The van der Waals surface area contributed by atoms with Crippen LogP contribution in [0.5, 0.6) is 0 Å². The molecular weight excluding hydrogens is 256 g/mol. The van der Waals surface area contributed by atoms with Crippen molar-refractivity contribution in [3.05, 3.63) is 65.5 Å². The molecule has 110 valence electrons. The number of hydrogen-bond acceptors (Lipinski definition) is 2. The molecule has 1 aliphatic carbocycles. The van der Waals surface area contributed by atoms with Crippen LogP contribution in [0.25, 0.3) is 0 Å². The van der Waals surface area contributed by atoms with Gasteiger partial charge in [-0.2, -0.15) is 0 Å². The van der Waals surface area contributed by atoms with Crippen LogP contribution < -0.4 is 5.32 Å². The first-order chi connectivity index (χ1) is 10.1. The van der Waals surface area contributed by atoms with E-state index in [1.165, 1.54) is 29.5 Å². The zero-order valence-electron chi connectivity index (χ0n) is 13.1. The molecule has 1 heterocycles. The Kier molecular flexibility index (Phi) is 3.81. The molecule has 2 heteroatoms. The molecular formula is C19H24N2. The van der Waals surface area contributed by atoms with Gasteiger partial charge in [0, 0.05) is 24.5 Å². The molecule has 0 amide bonds. The lowest BCUT2D eigenvalue weighted by Gasteiger charge is -2.38. The molecule has 1 aliphatic rings. The second-order valence-electron chi connectivity index (χ2n) is 6.73. The molecule has 0 saturated heterocycles. The second kappa shape index (κ2) is 5.61. The van der Waals surface area contributed by atoms with Crippen LogP contribution in [0.15, 0.2) is 48.8 Å². The minimum atomic E-state index is 0.286. The number of aromatic nitrogens is 1. The predicted molar refractivity (Wildman–Crippen MR) is 87.2 cm³/mol. The third-order valence-corrected chi connectivity index (χ3v) is 4.78. The fraction of sp³-hybridized carbons (Fsp3) is 0.421. The highest BCUT2D eigenvalue weighted by Crippen LogP contribution is 2.42. The number of nitrogens with zero attached hydrogens (tertiary/aromatic N) is 1. The van der Waals surface area contributed by atoms with Crippen LogP contribution in [-0.2, 0) is 5.41 Å². The molecule has 21 heavy (non-hydrogen) atoms.